The molecule has 57 heavy (non-hydrogen) atoms. The minimum atomic E-state index is -1.11. The van der Waals surface area contributed by atoms with Gasteiger partial charge in [0, 0.05) is 49.5 Å². The minimum Gasteiger partial charge on any atom is -0.456 e. The van der Waals surface area contributed by atoms with Crippen LogP contribution in [0.5, 0.6) is 0 Å². The predicted molar refractivity (Wildman–Crippen MR) is 232 cm³/mol. The van der Waals surface area contributed by atoms with Crippen LogP contribution >= 0.6 is 0 Å². The average Bonchev–Trinajstić information content (AvgIpc) is 1.54. The molecule has 6 nitrogen and oxygen atoms in total. The summed E-state index contributed by atoms with van der Waals surface area (Å²) >= 11 is 0. The summed E-state index contributed by atoms with van der Waals surface area (Å²) in [5.74, 6) is -2.84. The van der Waals surface area contributed by atoms with Gasteiger partial charge in [-0.1, -0.05) is 157 Å². The monoisotopic (exact) mass is 760 g/mol. The van der Waals surface area contributed by atoms with Crippen LogP contribution in [0.2, 0.25) is 0 Å². The highest BCUT2D eigenvalue weighted by Crippen LogP contribution is 2.44. The van der Waals surface area contributed by atoms with Crippen LogP contribution in [0.1, 0.15) is 42.5 Å². The molecule has 8 aromatic carbocycles. The van der Waals surface area contributed by atoms with Gasteiger partial charge in [0.1, 0.15) is 11.2 Å². The minimum absolute atomic E-state index is 0.557. The van der Waals surface area contributed by atoms with Crippen LogP contribution in [0.25, 0.3) is 111 Å². The second kappa shape index (κ2) is 12.3. The average molecular weight is 761 g/mol. The first-order valence-electron chi connectivity index (χ1n) is 32.1. The van der Waals surface area contributed by atoms with Crippen molar-refractivity contribution in [2.24, 2.45) is 0 Å². The highest BCUT2D eigenvalue weighted by Gasteiger charge is 2.24. The lowest BCUT2D eigenvalue weighted by Crippen LogP contribution is -2.07. The normalized spacial score (nSPS) is 19.5. The summed E-state index contributed by atoms with van der Waals surface area (Å²) in [4.78, 5) is 13.4. The lowest BCUT2D eigenvalue weighted by molar-refractivity contribution is 0.668. The quantitative estimate of drug-likeness (QED) is 0.175. The number of nitrogens with zero attached hydrogens (tertiary/aromatic N) is 5. The van der Waals surface area contributed by atoms with Gasteiger partial charge in [-0.3, -0.25) is 4.57 Å². The smallest absolute Gasteiger partial charge is 0.238 e. The molecule has 0 spiro atoms. The molecule has 0 unspecified atom stereocenters. The molecule has 12 rings (SSSR count). The van der Waals surface area contributed by atoms with Crippen molar-refractivity contribution in [2.45, 2.75) is 0 Å². The molecule has 0 aliphatic rings. The number of aromatic nitrogens is 5. The number of furan rings is 1. The fourth-order valence-electron chi connectivity index (χ4n) is 6.79. The summed E-state index contributed by atoms with van der Waals surface area (Å²) < 4.78 is 288. The number of hydrogen-bond acceptors (Lipinski definition) is 4. The molecule has 0 atom stereocenters. The molecule has 0 amide bonds. The first-order valence-corrected chi connectivity index (χ1v) is 16.6. The Morgan fingerprint density at radius 3 is 1.51 bits per heavy atom. The molecule has 12 aromatic rings. The highest BCUT2D eigenvalue weighted by atomic mass is 16.3. The number of fused-ring (bicyclic) bond motifs is 10. The molecule has 0 radical (unpaired) electrons. The largest absolute Gasteiger partial charge is 0.456 e. The third kappa shape index (κ3) is 4.81. The number of rotatable bonds is 5. The lowest BCUT2D eigenvalue weighted by Gasteiger charge is -2.14. The van der Waals surface area contributed by atoms with Gasteiger partial charge >= 0.3 is 0 Å². The van der Waals surface area contributed by atoms with Crippen LogP contribution in [0.4, 0.5) is 0 Å². The standard InChI is InChI=1S/C51H31N5O/c1-4-16-32(17-5-1)41-30-35(31-45-46(41)40-24-12-15-27-44(40)57-45)55-42-25-13-10-22-36(42)38-28-29-39-37-23-11-14-26-43(37)56(48(39)47(38)55)51-53-49(33-18-6-2-7-19-33)52-50(54-51)34-20-8-3-9-21-34/h1-31H/i1D,2D,3D,4D,5D,6D,7D,8D,9D,10D,11D,12D,13D,14D,15D,16D,17D,18D,19D,20D,21D,22D,23D,24D,25D,26D,27D,28D,29D,30D,31D. The topological polar surface area (TPSA) is 61.7 Å². The molecule has 0 aliphatic carbocycles. The Morgan fingerprint density at radius 1 is 0.404 bits per heavy atom. The van der Waals surface area contributed by atoms with E-state index >= 15 is 0 Å². The SMILES string of the molecule is [2H]c1c([2H])c([2H])c(-c2nc(-c3c([2H])c([2H])c([2H])c([2H])c3[2H])nc(-n3c4c([2H])c([2H])c([2H])c([2H])c4c4c([2H])c([2H])c5c6c([2H])c([2H])c([2H])c([2H])c6n(-c6c([2H])c(-c7c([2H])c([2H])c([2H])c([2H])c7[2H])c7c(oc8c([2H])c([2H])c([2H])c([2H])c87)c6[2H])c5c43)n2)c([2H])c1[2H]. The van der Waals surface area contributed by atoms with Crippen LogP contribution in [0.15, 0.2) is 192 Å². The molecule has 0 N–H and O–H groups in total. The van der Waals surface area contributed by atoms with Gasteiger partial charge in [0.25, 0.3) is 0 Å². The van der Waals surface area contributed by atoms with Crippen molar-refractivity contribution >= 4 is 65.6 Å². The molecule has 266 valence electrons. The second-order valence-corrected chi connectivity index (χ2v) is 12.1. The van der Waals surface area contributed by atoms with Crippen molar-refractivity contribution in [3.05, 3.63) is 187 Å². The van der Waals surface area contributed by atoms with E-state index in [0.717, 1.165) is 9.13 Å². The maximum atomic E-state index is 10.4. The summed E-state index contributed by atoms with van der Waals surface area (Å²) in [7, 11) is 0. The Hall–Kier alpha value is -7.83. The van der Waals surface area contributed by atoms with Gasteiger partial charge < -0.3 is 8.98 Å². The van der Waals surface area contributed by atoms with Crippen LogP contribution in [0.3, 0.4) is 0 Å². The number of benzene rings is 8. The van der Waals surface area contributed by atoms with Gasteiger partial charge in [0.2, 0.25) is 5.95 Å². The fraction of sp³-hybridized carbons (Fsp3) is 0. The van der Waals surface area contributed by atoms with Crippen molar-refractivity contribution < 1.29 is 46.9 Å². The first-order chi connectivity index (χ1) is 41.2. The third-order valence-corrected chi connectivity index (χ3v) is 9.04. The van der Waals surface area contributed by atoms with Crippen molar-refractivity contribution in [1.82, 2.24) is 24.1 Å². The summed E-state index contributed by atoms with van der Waals surface area (Å²) in [5.41, 5.74) is -8.65. The Kier molecular flexibility index (Phi) is 2.97. The molecule has 6 heteroatoms. The van der Waals surface area contributed by atoms with Crippen molar-refractivity contribution in [3.8, 4) is 45.5 Å². The van der Waals surface area contributed by atoms with E-state index in [4.69, 9.17) is 33.2 Å². The van der Waals surface area contributed by atoms with E-state index in [-0.39, 0.29) is 0 Å². The van der Waals surface area contributed by atoms with E-state index in [2.05, 4.69) is 15.0 Å². The van der Waals surface area contributed by atoms with E-state index in [9.17, 15) is 13.7 Å². The van der Waals surface area contributed by atoms with E-state index in [0.29, 0.717) is 0 Å². The fourth-order valence-corrected chi connectivity index (χ4v) is 6.79. The third-order valence-electron chi connectivity index (χ3n) is 9.04. The zero-order chi connectivity index (χ0) is 64.4. The van der Waals surface area contributed by atoms with Gasteiger partial charge in [-0.2, -0.15) is 9.97 Å². The summed E-state index contributed by atoms with van der Waals surface area (Å²) in [6.07, 6.45) is 0. The molecule has 0 saturated heterocycles. The molecule has 0 bridgehead atoms. The molecule has 0 saturated carbocycles. The number of hydrogen-bond donors (Lipinski definition) is 0. The Bertz CT molecular complexity index is 5190. The van der Waals surface area contributed by atoms with Crippen LogP contribution in [-0.4, -0.2) is 24.1 Å². The molecule has 4 aromatic heterocycles. The van der Waals surface area contributed by atoms with Crippen molar-refractivity contribution in [2.75, 3.05) is 0 Å². The zero-order valence-electron chi connectivity index (χ0n) is 59.1. The van der Waals surface area contributed by atoms with Gasteiger partial charge in [-0.25, -0.2) is 4.98 Å². The summed E-state index contributed by atoms with van der Waals surface area (Å²) in [6, 6.07) is -29.9. The van der Waals surface area contributed by atoms with Crippen LogP contribution < -0.4 is 0 Å². The van der Waals surface area contributed by atoms with Crippen LogP contribution in [-0.2, 0) is 0 Å². The molecular formula is C51H31N5O. The first kappa shape index (κ1) is 13.7. The van der Waals surface area contributed by atoms with E-state index in [1.165, 1.54) is 0 Å². The number of para-hydroxylation sites is 3. The van der Waals surface area contributed by atoms with Crippen molar-refractivity contribution in [1.29, 1.82) is 0 Å². The van der Waals surface area contributed by atoms with Gasteiger partial charge in [-0.15, -0.1) is 0 Å². The molecule has 4 heterocycles. The van der Waals surface area contributed by atoms with Gasteiger partial charge in [-0.05, 0) is 35.3 Å². The summed E-state index contributed by atoms with van der Waals surface area (Å²) in [5, 5.41) is -3.83. The Morgan fingerprint density at radius 2 is 0.895 bits per heavy atom. The Labute approximate surface area is 370 Å². The molecule has 0 fully saturated rings. The molecule has 0 aliphatic heterocycles. The maximum absolute atomic E-state index is 10.4. The van der Waals surface area contributed by atoms with E-state index < -0.39 is 298 Å². The van der Waals surface area contributed by atoms with E-state index in [1.54, 1.807) is 0 Å². The van der Waals surface area contributed by atoms with Gasteiger partial charge in [0.15, 0.2) is 11.6 Å². The zero-order valence-corrected chi connectivity index (χ0v) is 28.1. The highest BCUT2D eigenvalue weighted by molar-refractivity contribution is 6.24. The molecular weight excluding hydrogens is 699 g/mol. The maximum Gasteiger partial charge on any atom is 0.238 e. The van der Waals surface area contributed by atoms with Gasteiger partial charge in [0.05, 0.1) is 70.2 Å². The van der Waals surface area contributed by atoms with Crippen molar-refractivity contribution in [3.63, 3.8) is 0 Å². The Balaban J connectivity index is 1.44. The van der Waals surface area contributed by atoms with Crippen LogP contribution in [0, 0.1) is 0 Å². The van der Waals surface area contributed by atoms with E-state index in [1.807, 2.05) is 0 Å². The summed E-state index contributed by atoms with van der Waals surface area (Å²) in [6.45, 7) is 0. The second-order valence-electron chi connectivity index (χ2n) is 12.1. The predicted octanol–water partition coefficient (Wildman–Crippen LogP) is 13.0. The lowest BCUT2D eigenvalue weighted by atomic mass is 9.98.